The van der Waals surface area contributed by atoms with Crippen LogP contribution < -0.4 is 5.63 Å². The van der Waals surface area contributed by atoms with Gasteiger partial charge in [-0.15, -0.1) is 0 Å². The van der Waals surface area contributed by atoms with Crippen molar-refractivity contribution in [2.75, 3.05) is 0 Å². The van der Waals surface area contributed by atoms with E-state index >= 15 is 0 Å². The Hall–Kier alpha value is -1.04. The summed E-state index contributed by atoms with van der Waals surface area (Å²) in [4.78, 5) is 11.0. The molecule has 0 saturated carbocycles. The molecule has 0 aliphatic rings. The molecule has 0 bridgehead atoms. The fraction of sp³-hybridized carbons (Fsp3) is 0. The zero-order valence-electron chi connectivity index (χ0n) is 6.45. The first-order chi connectivity index (χ1) is 6.20. The highest BCUT2D eigenvalue weighted by molar-refractivity contribution is 14.1. The van der Waals surface area contributed by atoms with Crippen molar-refractivity contribution in [1.82, 2.24) is 0 Å². The SMILES string of the molecule is O=c1oc2ccccc2c(I)c1O. The molecule has 2 rings (SSSR count). The molecule has 1 aromatic heterocycles. The minimum atomic E-state index is -0.692. The van der Waals surface area contributed by atoms with Gasteiger partial charge in [0.25, 0.3) is 0 Å². The highest BCUT2D eigenvalue weighted by Crippen LogP contribution is 2.24. The Kier molecular flexibility index (Phi) is 1.99. The molecule has 13 heavy (non-hydrogen) atoms. The van der Waals surface area contributed by atoms with Crippen molar-refractivity contribution in [3.63, 3.8) is 0 Å². The van der Waals surface area contributed by atoms with E-state index in [4.69, 9.17) is 4.42 Å². The molecule has 1 aromatic carbocycles. The summed E-state index contributed by atoms with van der Waals surface area (Å²) in [6.45, 7) is 0. The van der Waals surface area contributed by atoms with Gasteiger partial charge in [-0.25, -0.2) is 4.79 Å². The van der Waals surface area contributed by atoms with Crippen LogP contribution in [0.2, 0.25) is 0 Å². The smallest absolute Gasteiger partial charge is 0.379 e. The Bertz CT molecular complexity index is 516. The molecule has 1 heterocycles. The first-order valence-electron chi connectivity index (χ1n) is 3.60. The van der Waals surface area contributed by atoms with Gasteiger partial charge in [-0.05, 0) is 28.7 Å². The fourth-order valence-corrected chi connectivity index (χ4v) is 1.77. The Morgan fingerprint density at radius 3 is 2.77 bits per heavy atom. The van der Waals surface area contributed by atoms with Crippen LogP contribution in [0.15, 0.2) is 33.5 Å². The summed E-state index contributed by atoms with van der Waals surface area (Å²) in [5, 5.41) is 10.0. The second-order valence-corrected chi connectivity index (χ2v) is 3.63. The lowest BCUT2D eigenvalue weighted by molar-refractivity contribution is 0.424. The van der Waals surface area contributed by atoms with Crippen LogP contribution in [0.5, 0.6) is 5.75 Å². The number of hydrogen-bond donors (Lipinski definition) is 1. The molecular weight excluding hydrogens is 283 g/mol. The Balaban J connectivity index is 3.02. The number of halogens is 1. The third kappa shape index (κ3) is 1.31. The normalized spacial score (nSPS) is 10.5. The van der Waals surface area contributed by atoms with Crippen LogP contribution in [0.25, 0.3) is 11.0 Å². The van der Waals surface area contributed by atoms with Crippen LogP contribution in [-0.2, 0) is 0 Å². The molecule has 4 heteroatoms. The topological polar surface area (TPSA) is 50.4 Å². The van der Waals surface area contributed by atoms with Crippen LogP contribution in [-0.4, -0.2) is 5.11 Å². The second kappa shape index (κ2) is 3.02. The zero-order chi connectivity index (χ0) is 9.42. The lowest BCUT2D eigenvalue weighted by atomic mass is 10.2. The van der Waals surface area contributed by atoms with E-state index < -0.39 is 5.63 Å². The zero-order valence-corrected chi connectivity index (χ0v) is 8.61. The first kappa shape index (κ1) is 8.55. The van der Waals surface area contributed by atoms with E-state index in [1.807, 2.05) is 28.7 Å². The summed E-state index contributed by atoms with van der Waals surface area (Å²) < 4.78 is 5.39. The van der Waals surface area contributed by atoms with Gasteiger partial charge in [0.1, 0.15) is 5.58 Å². The molecule has 1 N–H and O–H groups in total. The summed E-state index contributed by atoms with van der Waals surface area (Å²) >= 11 is 1.92. The molecule has 0 amide bonds. The van der Waals surface area contributed by atoms with Crippen molar-refractivity contribution in [2.24, 2.45) is 0 Å². The second-order valence-electron chi connectivity index (χ2n) is 2.55. The molecule has 0 radical (unpaired) electrons. The van der Waals surface area contributed by atoms with Crippen LogP contribution in [0.4, 0.5) is 0 Å². The standard InChI is InChI=1S/C9H5IO3/c10-7-5-3-1-2-4-6(5)13-9(12)8(7)11/h1-4,11H. The monoisotopic (exact) mass is 288 g/mol. The molecule has 0 unspecified atom stereocenters. The van der Waals surface area contributed by atoms with Gasteiger partial charge in [0, 0.05) is 5.39 Å². The maximum absolute atomic E-state index is 11.0. The van der Waals surface area contributed by atoms with Crippen molar-refractivity contribution in [2.45, 2.75) is 0 Å². The molecule has 0 atom stereocenters. The van der Waals surface area contributed by atoms with Crippen molar-refractivity contribution in [3.05, 3.63) is 38.3 Å². The minimum absolute atomic E-state index is 0.320. The lowest BCUT2D eigenvalue weighted by Crippen LogP contribution is -1.99. The van der Waals surface area contributed by atoms with E-state index in [9.17, 15) is 9.90 Å². The number of hydrogen-bond acceptors (Lipinski definition) is 3. The number of fused-ring (bicyclic) bond motifs is 1. The largest absolute Gasteiger partial charge is 0.501 e. The third-order valence-electron chi connectivity index (χ3n) is 1.73. The van der Waals surface area contributed by atoms with Crippen molar-refractivity contribution in [1.29, 1.82) is 0 Å². The van der Waals surface area contributed by atoms with Crippen LogP contribution in [0.3, 0.4) is 0 Å². The molecule has 2 aromatic rings. The van der Waals surface area contributed by atoms with Gasteiger partial charge in [-0.2, -0.15) is 0 Å². The van der Waals surface area contributed by atoms with E-state index in [0.717, 1.165) is 5.39 Å². The quantitative estimate of drug-likeness (QED) is 0.596. The highest BCUT2D eigenvalue weighted by atomic mass is 127. The number of aromatic hydroxyl groups is 1. The van der Waals surface area contributed by atoms with E-state index in [-0.39, 0.29) is 5.75 Å². The van der Waals surface area contributed by atoms with Gasteiger partial charge in [-0.3, -0.25) is 0 Å². The molecule has 66 valence electrons. The van der Waals surface area contributed by atoms with E-state index in [2.05, 4.69) is 0 Å². The summed E-state index contributed by atoms with van der Waals surface area (Å²) in [6, 6.07) is 7.08. The lowest BCUT2D eigenvalue weighted by Gasteiger charge is -1.99. The highest BCUT2D eigenvalue weighted by Gasteiger charge is 2.09. The summed E-state index contributed by atoms with van der Waals surface area (Å²) in [7, 11) is 0. The summed E-state index contributed by atoms with van der Waals surface area (Å²) in [5.41, 5.74) is -0.196. The van der Waals surface area contributed by atoms with Crippen LogP contribution in [0.1, 0.15) is 0 Å². The fourth-order valence-electron chi connectivity index (χ4n) is 1.10. The number of benzene rings is 1. The van der Waals surface area contributed by atoms with Crippen molar-refractivity contribution in [3.8, 4) is 5.75 Å². The van der Waals surface area contributed by atoms with Gasteiger partial charge in [0.15, 0.2) is 0 Å². The van der Waals surface area contributed by atoms with Crippen LogP contribution >= 0.6 is 22.6 Å². The van der Waals surface area contributed by atoms with E-state index in [1.54, 1.807) is 18.2 Å². The summed E-state index contributed by atoms with van der Waals surface area (Å²) in [5.74, 6) is -0.320. The summed E-state index contributed by atoms with van der Waals surface area (Å²) in [6.07, 6.45) is 0. The Labute approximate surface area is 87.1 Å². The van der Waals surface area contributed by atoms with Crippen molar-refractivity contribution >= 4 is 33.6 Å². The Morgan fingerprint density at radius 2 is 2.00 bits per heavy atom. The molecular formula is C9H5IO3. The molecule has 0 aliphatic heterocycles. The number of para-hydroxylation sites is 1. The predicted octanol–water partition coefficient (Wildman–Crippen LogP) is 2.10. The average molecular weight is 288 g/mol. The molecule has 0 saturated heterocycles. The maximum atomic E-state index is 11.0. The van der Waals surface area contributed by atoms with Gasteiger partial charge in [-0.1, -0.05) is 18.2 Å². The van der Waals surface area contributed by atoms with E-state index in [0.29, 0.717) is 9.15 Å². The first-order valence-corrected chi connectivity index (χ1v) is 4.68. The molecule has 0 aliphatic carbocycles. The van der Waals surface area contributed by atoms with Gasteiger partial charge in [0.2, 0.25) is 5.75 Å². The van der Waals surface area contributed by atoms with Gasteiger partial charge in [0.05, 0.1) is 3.57 Å². The third-order valence-corrected chi connectivity index (χ3v) is 2.82. The molecule has 0 fully saturated rings. The van der Waals surface area contributed by atoms with Gasteiger partial charge >= 0.3 is 5.63 Å². The van der Waals surface area contributed by atoms with Gasteiger partial charge < -0.3 is 9.52 Å². The Morgan fingerprint density at radius 1 is 1.31 bits per heavy atom. The molecule has 0 spiro atoms. The minimum Gasteiger partial charge on any atom is -0.501 e. The average Bonchev–Trinajstić information content (AvgIpc) is 2.15. The number of rotatable bonds is 0. The maximum Gasteiger partial charge on any atom is 0.379 e. The van der Waals surface area contributed by atoms with E-state index in [1.165, 1.54) is 0 Å². The predicted molar refractivity (Wildman–Crippen MR) is 56.9 cm³/mol. The molecule has 3 nitrogen and oxygen atoms in total. The van der Waals surface area contributed by atoms with Crippen LogP contribution in [0, 0.1) is 3.57 Å². The van der Waals surface area contributed by atoms with Crippen molar-refractivity contribution < 1.29 is 9.52 Å².